The molecule has 0 heterocycles. The van der Waals surface area contributed by atoms with Gasteiger partial charge in [0.1, 0.15) is 11.4 Å². The van der Waals surface area contributed by atoms with Gasteiger partial charge in [0.05, 0.1) is 11.4 Å². The van der Waals surface area contributed by atoms with E-state index < -0.39 is 28.3 Å². The van der Waals surface area contributed by atoms with E-state index >= 15 is 0 Å². The van der Waals surface area contributed by atoms with Gasteiger partial charge in [-0.2, -0.15) is 0 Å². The van der Waals surface area contributed by atoms with Gasteiger partial charge in [-0.25, -0.2) is 9.18 Å². The minimum absolute atomic E-state index is 0.224. The molecule has 1 aromatic rings. The van der Waals surface area contributed by atoms with Gasteiger partial charge in [-0.3, -0.25) is 4.21 Å². The summed E-state index contributed by atoms with van der Waals surface area (Å²) in [6.07, 6.45) is 1.54. The Morgan fingerprint density at radius 3 is 2.76 bits per heavy atom. The zero-order chi connectivity index (χ0) is 13.0. The van der Waals surface area contributed by atoms with Crippen LogP contribution in [0.1, 0.15) is 10.4 Å². The summed E-state index contributed by atoms with van der Waals surface area (Å²) in [5.41, 5.74) is 4.88. The smallest absolute Gasteiger partial charge is 0.340 e. The number of hydrogen-bond donors (Lipinski definition) is 3. The third-order valence-electron chi connectivity index (χ3n) is 2.11. The van der Waals surface area contributed by atoms with Crippen LogP contribution in [0, 0.1) is 5.82 Å². The minimum Gasteiger partial charge on any atom is -0.478 e. The molecule has 0 aliphatic carbocycles. The predicted octanol–water partition coefficient (Wildman–Crippen LogP) is 0.897. The zero-order valence-electron chi connectivity index (χ0n) is 9.20. The fourth-order valence-electron chi connectivity index (χ4n) is 1.30. The molecule has 0 radical (unpaired) electrons. The number of rotatable bonds is 5. The highest BCUT2D eigenvalue weighted by Crippen LogP contribution is 2.24. The second-order valence-corrected chi connectivity index (χ2v) is 4.95. The molecule has 0 aromatic heterocycles. The molecular formula is C10H13FN2O3S. The van der Waals surface area contributed by atoms with Gasteiger partial charge in [0.2, 0.25) is 0 Å². The van der Waals surface area contributed by atoms with E-state index in [1.165, 1.54) is 6.07 Å². The van der Waals surface area contributed by atoms with Gasteiger partial charge in [-0.15, -0.1) is 0 Å². The lowest BCUT2D eigenvalue weighted by atomic mass is 10.1. The molecule has 0 spiro atoms. The number of nitrogen functional groups attached to an aromatic ring is 1. The highest BCUT2D eigenvalue weighted by Gasteiger charge is 2.17. The van der Waals surface area contributed by atoms with Crippen molar-refractivity contribution in [1.82, 2.24) is 0 Å². The van der Waals surface area contributed by atoms with Crippen LogP contribution in [0.4, 0.5) is 15.8 Å². The lowest BCUT2D eigenvalue weighted by molar-refractivity contribution is 0.0698. The van der Waals surface area contributed by atoms with Crippen molar-refractivity contribution in [1.29, 1.82) is 0 Å². The molecule has 7 heteroatoms. The number of aromatic carboxylic acids is 1. The Balaban J connectivity index is 2.95. The zero-order valence-corrected chi connectivity index (χ0v) is 10.0. The van der Waals surface area contributed by atoms with E-state index in [2.05, 4.69) is 5.32 Å². The first-order valence-electron chi connectivity index (χ1n) is 4.78. The average Bonchev–Trinajstić information content (AvgIpc) is 2.22. The van der Waals surface area contributed by atoms with Crippen molar-refractivity contribution in [2.75, 3.05) is 29.6 Å². The molecule has 1 rings (SSSR count). The number of nitrogens with two attached hydrogens (primary N) is 1. The van der Waals surface area contributed by atoms with Gasteiger partial charge >= 0.3 is 5.97 Å². The van der Waals surface area contributed by atoms with Gasteiger partial charge < -0.3 is 16.2 Å². The van der Waals surface area contributed by atoms with E-state index in [1.807, 2.05) is 0 Å². The maximum Gasteiger partial charge on any atom is 0.340 e. The molecule has 94 valence electrons. The summed E-state index contributed by atoms with van der Waals surface area (Å²) in [7, 11) is -0.982. The SMILES string of the molecule is CS(=O)CCNc1ccc(F)c(N)c1C(=O)O. The molecule has 0 aliphatic heterocycles. The Labute approximate surface area is 100 Å². The van der Waals surface area contributed by atoms with Gasteiger partial charge in [0.15, 0.2) is 0 Å². The number of carbonyl (C=O) groups is 1. The van der Waals surface area contributed by atoms with Crippen LogP contribution in [0.3, 0.4) is 0 Å². The Hall–Kier alpha value is -1.63. The van der Waals surface area contributed by atoms with Gasteiger partial charge in [-0.1, -0.05) is 0 Å². The first-order chi connectivity index (χ1) is 7.93. The number of halogens is 1. The fraction of sp³-hybridized carbons (Fsp3) is 0.300. The maximum atomic E-state index is 13.1. The molecular weight excluding hydrogens is 247 g/mol. The van der Waals surface area contributed by atoms with Gasteiger partial charge in [-0.05, 0) is 12.1 Å². The molecule has 0 fully saturated rings. The molecule has 17 heavy (non-hydrogen) atoms. The van der Waals surface area contributed by atoms with Crippen LogP contribution < -0.4 is 11.1 Å². The van der Waals surface area contributed by atoms with Crippen molar-refractivity contribution in [3.63, 3.8) is 0 Å². The van der Waals surface area contributed by atoms with Crippen LogP contribution in [-0.4, -0.2) is 33.8 Å². The Kier molecular flexibility index (Phi) is 4.45. The Morgan fingerprint density at radius 2 is 2.24 bits per heavy atom. The van der Waals surface area contributed by atoms with Crippen LogP contribution in [0.25, 0.3) is 0 Å². The second-order valence-electron chi connectivity index (χ2n) is 3.39. The summed E-state index contributed by atoms with van der Waals surface area (Å²) in [4.78, 5) is 10.9. The van der Waals surface area contributed by atoms with Crippen LogP contribution in [0.2, 0.25) is 0 Å². The molecule has 0 bridgehead atoms. The summed E-state index contributed by atoms with van der Waals surface area (Å²) in [6, 6.07) is 2.39. The summed E-state index contributed by atoms with van der Waals surface area (Å²) in [6.45, 7) is 0.328. The van der Waals surface area contributed by atoms with E-state index in [4.69, 9.17) is 10.8 Å². The standard InChI is InChI=1S/C10H13FN2O3S/c1-17(16)5-4-13-7-3-2-6(11)9(12)8(7)10(14)15/h2-3,13H,4-5,12H2,1H3,(H,14,15). The van der Waals surface area contributed by atoms with Crippen molar-refractivity contribution in [2.24, 2.45) is 0 Å². The monoisotopic (exact) mass is 260 g/mol. The highest BCUT2D eigenvalue weighted by molar-refractivity contribution is 7.84. The first kappa shape index (κ1) is 13.4. The van der Waals surface area contributed by atoms with Gasteiger partial charge in [0.25, 0.3) is 0 Å². The van der Waals surface area contributed by atoms with Crippen molar-refractivity contribution in [3.05, 3.63) is 23.5 Å². The van der Waals surface area contributed by atoms with E-state index in [0.717, 1.165) is 6.07 Å². The van der Waals surface area contributed by atoms with Crippen LogP contribution >= 0.6 is 0 Å². The molecule has 1 aromatic carbocycles. The minimum atomic E-state index is -1.30. The number of nitrogens with one attached hydrogen (secondary N) is 1. The van der Waals surface area contributed by atoms with Crippen molar-refractivity contribution >= 4 is 28.1 Å². The third kappa shape index (κ3) is 3.42. The first-order valence-corrected chi connectivity index (χ1v) is 6.51. The second kappa shape index (κ2) is 5.62. The number of carboxylic acids is 1. The summed E-state index contributed by atoms with van der Waals surface area (Å²) < 4.78 is 23.9. The van der Waals surface area contributed by atoms with Crippen molar-refractivity contribution in [2.45, 2.75) is 0 Å². The van der Waals surface area contributed by atoms with Crippen LogP contribution in [-0.2, 0) is 10.8 Å². The van der Waals surface area contributed by atoms with Crippen LogP contribution in [0.15, 0.2) is 12.1 Å². The summed E-state index contributed by atoms with van der Waals surface area (Å²) >= 11 is 0. The highest BCUT2D eigenvalue weighted by atomic mass is 32.2. The lowest BCUT2D eigenvalue weighted by Gasteiger charge is -2.11. The average molecular weight is 260 g/mol. The number of hydrogen-bond acceptors (Lipinski definition) is 4. The topological polar surface area (TPSA) is 92.4 Å². The van der Waals surface area contributed by atoms with E-state index in [1.54, 1.807) is 6.26 Å². The predicted molar refractivity (Wildman–Crippen MR) is 65.2 cm³/mol. The molecule has 1 unspecified atom stereocenters. The van der Waals surface area contributed by atoms with E-state index in [-0.39, 0.29) is 11.3 Å². The molecule has 0 saturated heterocycles. The summed E-state index contributed by atoms with van der Waals surface area (Å²) in [5, 5.41) is 11.7. The quantitative estimate of drug-likeness (QED) is 0.684. The van der Waals surface area contributed by atoms with Gasteiger partial charge in [0, 0.05) is 29.4 Å². The Morgan fingerprint density at radius 1 is 1.59 bits per heavy atom. The van der Waals surface area contributed by atoms with E-state index in [9.17, 15) is 13.4 Å². The Bertz CT molecular complexity index is 465. The molecule has 4 N–H and O–H groups in total. The fourth-order valence-corrected chi connectivity index (χ4v) is 1.69. The summed E-state index contributed by atoms with van der Waals surface area (Å²) in [5.74, 6) is -1.70. The largest absolute Gasteiger partial charge is 0.478 e. The number of anilines is 2. The molecule has 0 aliphatic rings. The molecule has 0 amide bonds. The van der Waals surface area contributed by atoms with Crippen molar-refractivity contribution in [3.8, 4) is 0 Å². The van der Waals surface area contributed by atoms with Crippen molar-refractivity contribution < 1.29 is 18.5 Å². The molecule has 0 saturated carbocycles. The normalized spacial score (nSPS) is 12.1. The third-order valence-corrected chi connectivity index (χ3v) is 2.89. The maximum absolute atomic E-state index is 13.1. The van der Waals surface area contributed by atoms with Crippen LogP contribution in [0.5, 0.6) is 0 Å². The number of carboxylic acid groups (broad SMARTS) is 1. The molecule has 1 atom stereocenters. The number of benzene rings is 1. The lowest BCUT2D eigenvalue weighted by Crippen LogP contribution is -2.14. The van der Waals surface area contributed by atoms with E-state index in [0.29, 0.717) is 12.3 Å². The molecule has 5 nitrogen and oxygen atoms in total.